The van der Waals surface area contributed by atoms with Crippen molar-refractivity contribution in [3.8, 4) is 0 Å². The molecule has 2 heteroatoms. The molecular weight excluding hydrogens is 224 g/mol. The number of rotatable bonds is 4. The molecule has 1 unspecified atom stereocenters. The molecule has 18 heavy (non-hydrogen) atoms. The predicted molar refractivity (Wildman–Crippen MR) is 71.7 cm³/mol. The van der Waals surface area contributed by atoms with Crippen LogP contribution < -0.4 is 0 Å². The van der Waals surface area contributed by atoms with E-state index in [0.717, 1.165) is 5.56 Å². The molecule has 0 radical (unpaired) electrons. The van der Waals surface area contributed by atoms with Gasteiger partial charge in [-0.25, -0.2) is 0 Å². The molecule has 0 heterocycles. The van der Waals surface area contributed by atoms with Gasteiger partial charge in [-0.05, 0) is 25.0 Å². The molecule has 0 saturated carbocycles. The van der Waals surface area contributed by atoms with E-state index in [0.29, 0.717) is 17.5 Å². The first-order valence-electron chi connectivity index (χ1n) is 6.03. The quantitative estimate of drug-likeness (QED) is 0.834. The lowest BCUT2D eigenvalue weighted by Gasteiger charge is -2.06. The van der Waals surface area contributed by atoms with Crippen LogP contribution in [-0.2, 0) is 6.42 Å². The summed E-state index contributed by atoms with van der Waals surface area (Å²) in [5.41, 5.74) is 2.33. The second-order valence-corrected chi connectivity index (χ2v) is 4.45. The van der Waals surface area contributed by atoms with Crippen LogP contribution in [0, 0.1) is 0 Å². The van der Waals surface area contributed by atoms with Crippen molar-refractivity contribution in [2.75, 3.05) is 0 Å². The summed E-state index contributed by atoms with van der Waals surface area (Å²) in [6, 6.07) is 16.7. The van der Waals surface area contributed by atoms with Gasteiger partial charge in [-0.1, -0.05) is 48.5 Å². The third-order valence-electron chi connectivity index (χ3n) is 2.76. The Morgan fingerprint density at radius 3 is 2.39 bits per heavy atom. The molecule has 0 aliphatic heterocycles. The molecule has 1 N–H and O–H groups in total. The van der Waals surface area contributed by atoms with Crippen LogP contribution in [0.1, 0.15) is 28.4 Å². The maximum atomic E-state index is 12.2. The van der Waals surface area contributed by atoms with Crippen LogP contribution in [0.15, 0.2) is 54.6 Å². The lowest BCUT2D eigenvalue weighted by molar-refractivity contribution is 0.103. The highest BCUT2D eigenvalue weighted by Gasteiger charge is 2.09. The predicted octanol–water partition coefficient (Wildman–Crippen LogP) is 2.84. The third kappa shape index (κ3) is 3.05. The van der Waals surface area contributed by atoms with Crippen molar-refractivity contribution in [1.82, 2.24) is 0 Å². The van der Waals surface area contributed by atoms with E-state index in [9.17, 15) is 9.90 Å². The lowest BCUT2D eigenvalue weighted by atomic mass is 9.99. The maximum Gasteiger partial charge on any atom is 0.193 e. The van der Waals surface area contributed by atoms with Crippen molar-refractivity contribution < 1.29 is 9.90 Å². The summed E-state index contributed by atoms with van der Waals surface area (Å²) in [5, 5.41) is 9.37. The third-order valence-corrected chi connectivity index (χ3v) is 2.76. The molecule has 0 aliphatic carbocycles. The topological polar surface area (TPSA) is 37.3 Å². The van der Waals surface area contributed by atoms with Crippen LogP contribution in [0.4, 0.5) is 0 Å². The van der Waals surface area contributed by atoms with Gasteiger partial charge in [0.1, 0.15) is 0 Å². The van der Waals surface area contributed by atoms with Gasteiger partial charge in [0.05, 0.1) is 6.10 Å². The molecule has 2 rings (SSSR count). The molecule has 0 aliphatic rings. The zero-order valence-corrected chi connectivity index (χ0v) is 10.3. The minimum Gasteiger partial charge on any atom is -0.393 e. The van der Waals surface area contributed by atoms with Crippen molar-refractivity contribution in [1.29, 1.82) is 0 Å². The highest BCUT2D eigenvalue weighted by molar-refractivity contribution is 6.09. The molecule has 0 saturated heterocycles. The first-order chi connectivity index (χ1) is 8.66. The van der Waals surface area contributed by atoms with Crippen molar-refractivity contribution >= 4 is 5.78 Å². The summed E-state index contributed by atoms with van der Waals surface area (Å²) in [7, 11) is 0. The highest BCUT2D eigenvalue weighted by Crippen LogP contribution is 2.13. The zero-order chi connectivity index (χ0) is 13.0. The van der Waals surface area contributed by atoms with Crippen molar-refractivity contribution in [3.05, 3.63) is 71.3 Å². The van der Waals surface area contributed by atoms with Gasteiger partial charge in [-0.2, -0.15) is 0 Å². The summed E-state index contributed by atoms with van der Waals surface area (Å²) in [6.07, 6.45) is 0.169. The van der Waals surface area contributed by atoms with Gasteiger partial charge < -0.3 is 5.11 Å². The Bertz CT molecular complexity index is 530. The Hall–Kier alpha value is -1.93. The first kappa shape index (κ1) is 12.5. The number of carbonyl (C=O) groups is 1. The molecule has 2 aromatic carbocycles. The summed E-state index contributed by atoms with van der Waals surface area (Å²) in [6.45, 7) is 1.74. The van der Waals surface area contributed by atoms with Crippen molar-refractivity contribution in [2.24, 2.45) is 0 Å². The number of hydrogen-bond donors (Lipinski definition) is 1. The molecule has 0 spiro atoms. The molecule has 0 bridgehead atoms. The number of aliphatic hydroxyl groups is 1. The van der Waals surface area contributed by atoms with Crippen LogP contribution >= 0.6 is 0 Å². The Labute approximate surface area is 107 Å². The fraction of sp³-hybridized carbons (Fsp3) is 0.188. The summed E-state index contributed by atoms with van der Waals surface area (Å²) in [5.74, 6) is 0.0167. The van der Waals surface area contributed by atoms with Crippen LogP contribution in [-0.4, -0.2) is 17.0 Å². The van der Waals surface area contributed by atoms with E-state index in [4.69, 9.17) is 0 Å². The van der Waals surface area contributed by atoms with E-state index in [1.54, 1.807) is 13.0 Å². The molecule has 2 aromatic rings. The van der Waals surface area contributed by atoms with Gasteiger partial charge in [0.15, 0.2) is 5.78 Å². The van der Waals surface area contributed by atoms with E-state index in [1.165, 1.54) is 0 Å². The maximum absolute atomic E-state index is 12.2. The number of aliphatic hydroxyl groups excluding tert-OH is 1. The highest BCUT2D eigenvalue weighted by atomic mass is 16.3. The smallest absolute Gasteiger partial charge is 0.193 e. The number of benzene rings is 2. The Kier molecular flexibility index (Phi) is 3.90. The van der Waals surface area contributed by atoms with Crippen LogP contribution in [0.25, 0.3) is 0 Å². The second kappa shape index (κ2) is 5.61. The van der Waals surface area contributed by atoms with Crippen LogP contribution in [0.3, 0.4) is 0 Å². The molecule has 2 nitrogen and oxygen atoms in total. The van der Waals surface area contributed by atoms with Gasteiger partial charge in [0.2, 0.25) is 0 Å². The molecule has 1 atom stereocenters. The van der Waals surface area contributed by atoms with Gasteiger partial charge in [-0.15, -0.1) is 0 Å². The largest absolute Gasteiger partial charge is 0.393 e. The molecule has 0 amide bonds. The number of ketones is 1. The SMILES string of the molecule is CC(O)Cc1cccc(C(=O)c2ccccc2)c1. The summed E-state index contributed by atoms with van der Waals surface area (Å²) < 4.78 is 0. The van der Waals surface area contributed by atoms with Crippen LogP contribution in [0.5, 0.6) is 0 Å². The zero-order valence-electron chi connectivity index (χ0n) is 10.3. The average molecular weight is 240 g/mol. The lowest BCUT2D eigenvalue weighted by Crippen LogP contribution is -2.06. The van der Waals surface area contributed by atoms with Gasteiger partial charge >= 0.3 is 0 Å². The van der Waals surface area contributed by atoms with E-state index in [-0.39, 0.29) is 5.78 Å². The standard InChI is InChI=1S/C16H16O2/c1-12(17)10-13-6-5-9-15(11-13)16(18)14-7-3-2-4-8-14/h2-9,11-12,17H,10H2,1H3. The number of carbonyl (C=O) groups excluding carboxylic acids is 1. The molecule has 0 fully saturated rings. The Morgan fingerprint density at radius 1 is 1.06 bits per heavy atom. The molecule has 0 aromatic heterocycles. The van der Waals surface area contributed by atoms with Gasteiger partial charge in [-0.3, -0.25) is 4.79 Å². The molecular formula is C16H16O2. The minimum absolute atomic E-state index is 0.0167. The van der Waals surface area contributed by atoms with E-state index in [1.807, 2.05) is 48.5 Å². The fourth-order valence-electron chi connectivity index (χ4n) is 1.94. The van der Waals surface area contributed by atoms with E-state index in [2.05, 4.69) is 0 Å². The summed E-state index contributed by atoms with van der Waals surface area (Å²) >= 11 is 0. The average Bonchev–Trinajstić information content (AvgIpc) is 2.38. The number of hydrogen-bond acceptors (Lipinski definition) is 2. The van der Waals surface area contributed by atoms with E-state index >= 15 is 0 Å². The monoisotopic (exact) mass is 240 g/mol. The first-order valence-corrected chi connectivity index (χ1v) is 6.03. The Morgan fingerprint density at radius 2 is 1.72 bits per heavy atom. The normalized spacial score (nSPS) is 12.1. The van der Waals surface area contributed by atoms with E-state index < -0.39 is 6.10 Å². The minimum atomic E-state index is -0.396. The molecule has 92 valence electrons. The second-order valence-electron chi connectivity index (χ2n) is 4.45. The van der Waals surface area contributed by atoms with Crippen LogP contribution in [0.2, 0.25) is 0 Å². The summed E-state index contributed by atoms with van der Waals surface area (Å²) in [4.78, 5) is 12.2. The van der Waals surface area contributed by atoms with Crippen molar-refractivity contribution in [3.63, 3.8) is 0 Å². The fourth-order valence-corrected chi connectivity index (χ4v) is 1.94. The Balaban J connectivity index is 2.26. The van der Waals surface area contributed by atoms with Crippen molar-refractivity contribution in [2.45, 2.75) is 19.4 Å². The van der Waals surface area contributed by atoms with Gasteiger partial charge in [0.25, 0.3) is 0 Å². The van der Waals surface area contributed by atoms with Gasteiger partial charge in [0, 0.05) is 11.1 Å².